The Bertz CT molecular complexity index is 1210. The van der Waals surface area contributed by atoms with Crippen molar-refractivity contribution in [3.63, 3.8) is 0 Å². The Morgan fingerprint density at radius 2 is 1.74 bits per heavy atom. The number of amides is 1. The zero-order valence-corrected chi connectivity index (χ0v) is 18.4. The third-order valence-electron chi connectivity index (χ3n) is 5.37. The SMILES string of the molecule is CN(C)c1cccc(C(=O)Nc2ccc3c(c2)CCCN3S(=O)(=O)c2ccccc2)c1. The van der Waals surface area contributed by atoms with Gasteiger partial charge < -0.3 is 10.2 Å². The van der Waals surface area contributed by atoms with E-state index >= 15 is 0 Å². The smallest absolute Gasteiger partial charge is 0.264 e. The van der Waals surface area contributed by atoms with E-state index in [1.54, 1.807) is 48.5 Å². The molecule has 6 nitrogen and oxygen atoms in total. The summed E-state index contributed by atoms with van der Waals surface area (Å²) in [4.78, 5) is 15.0. The Hall–Kier alpha value is -3.32. The van der Waals surface area contributed by atoms with E-state index in [9.17, 15) is 13.2 Å². The number of nitrogens with one attached hydrogen (secondary N) is 1. The fraction of sp³-hybridized carbons (Fsp3) is 0.208. The number of aryl methyl sites for hydroxylation is 1. The van der Waals surface area contributed by atoms with Crippen LogP contribution in [0.2, 0.25) is 0 Å². The van der Waals surface area contributed by atoms with Crippen molar-refractivity contribution in [1.29, 1.82) is 0 Å². The molecule has 1 amide bonds. The maximum absolute atomic E-state index is 13.1. The first-order chi connectivity index (χ1) is 14.9. The molecule has 1 aliphatic heterocycles. The second kappa shape index (κ2) is 8.43. The van der Waals surface area contributed by atoms with Crippen molar-refractivity contribution in [2.45, 2.75) is 17.7 Å². The minimum atomic E-state index is -3.63. The molecule has 160 valence electrons. The summed E-state index contributed by atoms with van der Waals surface area (Å²) < 4.78 is 27.7. The van der Waals surface area contributed by atoms with E-state index in [0.29, 0.717) is 23.5 Å². The van der Waals surface area contributed by atoms with Crippen LogP contribution in [0, 0.1) is 0 Å². The molecule has 0 saturated heterocycles. The number of rotatable bonds is 5. The van der Waals surface area contributed by atoms with E-state index in [1.807, 2.05) is 43.3 Å². The summed E-state index contributed by atoms with van der Waals surface area (Å²) in [5.41, 5.74) is 3.74. The average Bonchev–Trinajstić information content (AvgIpc) is 2.79. The fourth-order valence-corrected chi connectivity index (χ4v) is 5.30. The van der Waals surface area contributed by atoms with Crippen LogP contribution in [0.15, 0.2) is 77.7 Å². The number of carbonyl (C=O) groups excluding carboxylic acids is 1. The van der Waals surface area contributed by atoms with Gasteiger partial charge in [0, 0.05) is 37.6 Å². The van der Waals surface area contributed by atoms with Gasteiger partial charge in [-0.05, 0) is 66.9 Å². The Labute approximate surface area is 183 Å². The van der Waals surface area contributed by atoms with Gasteiger partial charge in [0.15, 0.2) is 0 Å². The summed E-state index contributed by atoms with van der Waals surface area (Å²) >= 11 is 0. The maximum atomic E-state index is 13.1. The van der Waals surface area contributed by atoms with Gasteiger partial charge in [0.2, 0.25) is 0 Å². The molecule has 0 aromatic heterocycles. The molecule has 0 spiro atoms. The summed E-state index contributed by atoms with van der Waals surface area (Å²) in [5.74, 6) is -0.201. The highest BCUT2D eigenvalue weighted by Gasteiger charge is 2.29. The minimum Gasteiger partial charge on any atom is -0.378 e. The average molecular weight is 436 g/mol. The zero-order valence-electron chi connectivity index (χ0n) is 17.6. The van der Waals surface area contributed by atoms with Crippen molar-refractivity contribution in [2.24, 2.45) is 0 Å². The highest BCUT2D eigenvalue weighted by molar-refractivity contribution is 7.92. The molecular formula is C24H25N3O3S. The molecule has 0 unspecified atom stereocenters. The molecule has 0 bridgehead atoms. The van der Waals surface area contributed by atoms with Gasteiger partial charge in [0.05, 0.1) is 10.6 Å². The molecule has 0 saturated carbocycles. The predicted molar refractivity (Wildman–Crippen MR) is 124 cm³/mol. The van der Waals surface area contributed by atoms with Crippen LogP contribution in [0.3, 0.4) is 0 Å². The standard InChI is InChI=1S/C24H25N3O3S/c1-26(2)21-10-6-8-19(17-21)24(28)25-20-13-14-23-18(16-20)9-7-15-27(23)31(29,30)22-11-4-3-5-12-22/h3-6,8,10-14,16-17H,7,9,15H2,1-2H3,(H,25,28). The second-order valence-corrected chi connectivity index (χ2v) is 9.60. The summed E-state index contributed by atoms with van der Waals surface area (Å²) in [6, 6.07) is 21.3. The summed E-state index contributed by atoms with van der Waals surface area (Å²) in [5, 5.41) is 2.93. The molecule has 3 aromatic carbocycles. The molecule has 0 atom stereocenters. The largest absolute Gasteiger partial charge is 0.378 e. The van der Waals surface area contributed by atoms with Gasteiger partial charge in [-0.25, -0.2) is 8.42 Å². The van der Waals surface area contributed by atoms with Gasteiger partial charge in [0.25, 0.3) is 15.9 Å². The Kier molecular flexibility index (Phi) is 5.69. The van der Waals surface area contributed by atoms with Crippen molar-refractivity contribution in [3.05, 3.63) is 83.9 Å². The zero-order chi connectivity index (χ0) is 22.0. The highest BCUT2D eigenvalue weighted by Crippen LogP contribution is 2.34. The van der Waals surface area contributed by atoms with Gasteiger partial charge in [0.1, 0.15) is 0 Å². The van der Waals surface area contributed by atoms with Gasteiger partial charge in [-0.2, -0.15) is 0 Å². The molecule has 1 aliphatic rings. The lowest BCUT2D eigenvalue weighted by atomic mass is 10.0. The fourth-order valence-electron chi connectivity index (χ4n) is 3.74. The first-order valence-corrected chi connectivity index (χ1v) is 11.6. The summed E-state index contributed by atoms with van der Waals surface area (Å²) in [6.07, 6.45) is 1.48. The maximum Gasteiger partial charge on any atom is 0.264 e. The molecule has 0 radical (unpaired) electrons. The number of hydrogen-bond donors (Lipinski definition) is 1. The highest BCUT2D eigenvalue weighted by atomic mass is 32.2. The molecule has 3 aromatic rings. The van der Waals surface area contributed by atoms with Gasteiger partial charge in [-0.1, -0.05) is 24.3 Å². The molecule has 4 rings (SSSR count). The van der Waals surface area contributed by atoms with Crippen LogP contribution in [-0.4, -0.2) is 35.0 Å². The van der Waals surface area contributed by atoms with Crippen LogP contribution < -0.4 is 14.5 Å². The van der Waals surface area contributed by atoms with Crippen LogP contribution in [0.5, 0.6) is 0 Å². The first-order valence-electron chi connectivity index (χ1n) is 10.2. The van der Waals surface area contributed by atoms with Crippen molar-refractivity contribution < 1.29 is 13.2 Å². The Morgan fingerprint density at radius 3 is 2.48 bits per heavy atom. The van der Waals surface area contributed by atoms with Gasteiger partial charge >= 0.3 is 0 Å². The van der Waals surface area contributed by atoms with E-state index in [-0.39, 0.29) is 10.8 Å². The lowest BCUT2D eigenvalue weighted by molar-refractivity contribution is 0.102. The molecule has 1 N–H and O–H groups in total. The lowest BCUT2D eigenvalue weighted by Crippen LogP contribution is -2.35. The number of anilines is 3. The minimum absolute atomic E-state index is 0.201. The normalized spacial score (nSPS) is 13.4. The van der Waals surface area contributed by atoms with E-state index in [1.165, 1.54) is 4.31 Å². The van der Waals surface area contributed by atoms with Crippen LogP contribution in [-0.2, 0) is 16.4 Å². The van der Waals surface area contributed by atoms with Crippen LogP contribution >= 0.6 is 0 Å². The third kappa shape index (κ3) is 4.27. The summed E-state index contributed by atoms with van der Waals surface area (Å²) in [6.45, 7) is 0.438. The Balaban J connectivity index is 1.59. The monoisotopic (exact) mass is 435 g/mol. The number of hydrogen-bond acceptors (Lipinski definition) is 4. The molecule has 1 heterocycles. The number of benzene rings is 3. The van der Waals surface area contributed by atoms with Crippen LogP contribution in [0.25, 0.3) is 0 Å². The van der Waals surface area contributed by atoms with Crippen molar-refractivity contribution in [3.8, 4) is 0 Å². The molecule has 7 heteroatoms. The summed E-state index contributed by atoms with van der Waals surface area (Å²) in [7, 11) is 0.227. The van der Waals surface area contributed by atoms with Gasteiger partial charge in [-0.15, -0.1) is 0 Å². The molecular weight excluding hydrogens is 410 g/mol. The topological polar surface area (TPSA) is 69.7 Å². The van der Waals surface area contributed by atoms with Crippen molar-refractivity contribution in [2.75, 3.05) is 35.2 Å². The Morgan fingerprint density at radius 1 is 0.968 bits per heavy atom. The number of fused-ring (bicyclic) bond motifs is 1. The molecule has 0 aliphatic carbocycles. The predicted octanol–water partition coefficient (Wildman–Crippen LogP) is 4.15. The van der Waals surface area contributed by atoms with Crippen LogP contribution in [0.4, 0.5) is 17.1 Å². The van der Waals surface area contributed by atoms with Crippen molar-refractivity contribution in [1.82, 2.24) is 0 Å². The van der Waals surface area contributed by atoms with Crippen LogP contribution in [0.1, 0.15) is 22.3 Å². The quantitative estimate of drug-likeness (QED) is 0.654. The van der Waals surface area contributed by atoms with E-state index in [2.05, 4.69) is 5.32 Å². The van der Waals surface area contributed by atoms with Crippen molar-refractivity contribution >= 4 is 33.0 Å². The number of sulfonamides is 1. The number of carbonyl (C=O) groups is 1. The van der Waals surface area contributed by atoms with E-state index in [0.717, 1.165) is 24.1 Å². The van der Waals surface area contributed by atoms with Gasteiger partial charge in [-0.3, -0.25) is 9.10 Å². The lowest BCUT2D eigenvalue weighted by Gasteiger charge is -2.31. The second-order valence-electron chi connectivity index (χ2n) is 7.74. The number of nitrogens with zero attached hydrogens (tertiary/aromatic N) is 2. The van der Waals surface area contributed by atoms with E-state index < -0.39 is 10.0 Å². The molecule has 0 fully saturated rings. The molecule has 31 heavy (non-hydrogen) atoms. The first kappa shape index (κ1) is 20.9. The third-order valence-corrected chi connectivity index (χ3v) is 7.20. The van der Waals surface area contributed by atoms with E-state index in [4.69, 9.17) is 0 Å².